The standard InChI is InChI=1S/C17H23N3/c1-20(13-10-17-8-4-5-12-19-17)14-16-7-3-2-6-15(16)9-11-18/h2-8,12H,9-11,13-14,18H2,1H3. The Balaban J connectivity index is 1.89. The zero-order valence-electron chi connectivity index (χ0n) is 12.1. The Morgan fingerprint density at radius 2 is 1.75 bits per heavy atom. The van der Waals surface area contributed by atoms with Crippen molar-refractivity contribution in [3.05, 3.63) is 65.5 Å². The number of hydrogen-bond acceptors (Lipinski definition) is 3. The zero-order chi connectivity index (χ0) is 14.2. The normalized spacial score (nSPS) is 10.9. The van der Waals surface area contributed by atoms with Gasteiger partial charge in [0, 0.05) is 31.4 Å². The summed E-state index contributed by atoms with van der Waals surface area (Å²) in [6, 6.07) is 14.6. The van der Waals surface area contributed by atoms with Crippen molar-refractivity contribution in [3.8, 4) is 0 Å². The van der Waals surface area contributed by atoms with Gasteiger partial charge in [-0.2, -0.15) is 0 Å². The Morgan fingerprint density at radius 3 is 2.45 bits per heavy atom. The molecular weight excluding hydrogens is 246 g/mol. The molecule has 0 spiro atoms. The first kappa shape index (κ1) is 14.7. The highest BCUT2D eigenvalue weighted by atomic mass is 15.1. The summed E-state index contributed by atoms with van der Waals surface area (Å²) in [6.45, 7) is 2.67. The predicted molar refractivity (Wildman–Crippen MR) is 83.5 cm³/mol. The van der Waals surface area contributed by atoms with Gasteiger partial charge in [0.2, 0.25) is 0 Å². The van der Waals surface area contributed by atoms with Crippen LogP contribution in [0.1, 0.15) is 16.8 Å². The van der Waals surface area contributed by atoms with Crippen LogP contribution in [0.3, 0.4) is 0 Å². The lowest BCUT2D eigenvalue weighted by Gasteiger charge is -2.18. The second-order valence-electron chi connectivity index (χ2n) is 5.12. The van der Waals surface area contributed by atoms with E-state index in [0.29, 0.717) is 6.54 Å². The van der Waals surface area contributed by atoms with Gasteiger partial charge < -0.3 is 10.6 Å². The van der Waals surface area contributed by atoms with Gasteiger partial charge in [0.25, 0.3) is 0 Å². The Kier molecular flexibility index (Phi) is 5.71. The fourth-order valence-electron chi connectivity index (χ4n) is 2.33. The molecule has 3 nitrogen and oxygen atoms in total. The molecule has 0 aliphatic rings. The molecule has 2 N–H and O–H groups in total. The van der Waals surface area contributed by atoms with Crippen molar-refractivity contribution < 1.29 is 0 Å². The molecule has 106 valence electrons. The lowest BCUT2D eigenvalue weighted by Crippen LogP contribution is -2.22. The molecule has 1 aromatic heterocycles. The summed E-state index contributed by atoms with van der Waals surface area (Å²) in [6.07, 6.45) is 3.78. The fourth-order valence-corrected chi connectivity index (χ4v) is 2.33. The van der Waals surface area contributed by atoms with Crippen LogP contribution in [-0.2, 0) is 19.4 Å². The SMILES string of the molecule is CN(CCc1ccccn1)Cc1ccccc1CCN. The Hall–Kier alpha value is -1.71. The van der Waals surface area contributed by atoms with Crippen LogP contribution < -0.4 is 5.73 Å². The van der Waals surface area contributed by atoms with E-state index in [1.807, 2.05) is 18.3 Å². The molecule has 2 rings (SSSR count). The number of aromatic nitrogens is 1. The summed E-state index contributed by atoms with van der Waals surface area (Å²) in [7, 11) is 2.15. The molecule has 0 unspecified atom stereocenters. The Morgan fingerprint density at radius 1 is 1.00 bits per heavy atom. The number of pyridine rings is 1. The number of hydrogen-bond donors (Lipinski definition) is 1. The second-order valence-corrected chi connectivity index (χ2v) is 5.12. The summed E-state index contributed by atoms with van der Waals surface area (Å²) in [5, 5.41) is 0. The van der Waals surface area contributed by atoms with Crippen LogP contribution in [-0.4, -0.2) is 30.0 Å². The van der Waals surface area contributed by atoms with Crippen LogP contribution in [0.2, 0.25) is 0 Å². The first-order valence-corrected chi connectivity index (χ1v) is 7.15. The lowest BCUT2D eigenvalue weighted by atomic mass is 10.0. The maximum Gasteiger partial charge on any atom is 0.0416 e. The number of nitrogens with two attached hydrogens (primary N) is 1. The summed E-state index contributed by atoms with van der Waals surface area (Å²) >= 11 is 0. The highest BCUT2D eigenvalue weighted by Gasteiger charge is 2.05. The molecule has 1 heterocycles. The lowest BCUT2D eigenvalue weighted by molar-refractivity contribution is 0.329. The van der Waals surface area contributed by atoms with E-state index >= 15 is 0 Å². The zero-order valence-corrected chi connectivity index (χ0v) is 12.1. The minimum atomic E-state index is 0.703. The monoisotopic (exact) mass is 269 g/mol. The molecule has 2 aromatic rings. The fraction of sp³-hybridized carbons (Fsp3) is 0.353. The van der Waals surface area contributed by atoms with Gasteiger partial charge in [-0.25, -0.2) is 0 Å². The average molecular weight is 269 g/mol. The van der Waals surface area contributed by atoms with Crippen molar-refractivity contribution >= 4 is 0 Å². The number of rotatable bonds is 7. The third-order valence-corrected chi connectivity index (χ3v) is 3.45. The second kappa shape index (κ2) is 7.78. The van der Waals surface area contributed by atoms with E-state index in [1.54, 1.807) is 0 Å². The molecule has 0 bridgehead atoms. The molecule has 0 saturated carbocycles. The predicted octanol–water partition coefficient (Wildman–Crippen LogP) is 2.26. The van der Waals surface area contributed by atoms with E-state index in [9.17, 15) is 0 Å². The van der Waals surface area contributed by atoms with Crippen molar-refractivity contribution in [2.75, 3.05) is 20.1 Å². The molecule has 1 aromatic carbocycles. The third kappa shape index (κ3) is 4.44. The highest BCUT2D eigenvalue weighted by molar-refractivity contribution is 5.27. The minimum absolute atomic E-state index is 0.703. The molecule has 0 aliphatic carbocycles. The van der Waals surface area contributed by atoms with Gasteiger partial charge in [-0.3, -0.25) is 4.98 Å². The molecule has 0 radical (unpaired) electrons. The average Bonchev–Trinajstić information content (AvgIpc) is 2.49. The Bertz CT molecular complexity index is 511. The highest BCUT2D eigenvalue weighted by Crippen LogP contribution is 2.11. The number of likely N-dealkylation sites (N-methyl/N-ethyl adjacent to an activating group) is 1. The summed E-state index contributed by atoms with van der Waals surface area (Å²) in [5.74, 6) is 0. The smallest absolute Gasteiger partial charge is 0.0416 e. The van der Waals surface area contributed by atoms with E-state index in [1.165, 1.54) is 11.1 Å². The van der Waals surface area contributed by atoms with Gasteiger partial charge in [0.05, 0.1) is 0 Å². The Labute approximate surface area is 121 Å². The maximum atomic E-state index is 5.67. The van der Waals surface area contributed by atoms with Crippen molar-refractivity contribution in [1.29, 1.82) is 0 Å². The summed E-state index contributed by atoms with van der Waals surface area (Å²) in [4.78, 5) is 6.70. The van der Waals surface area contributed by atoms with Gasteiger partial charge in [0.15, 0.2) is 0 Å². The van der Waals surface area contributed by atoms with Crippen LogP contribution in [0.15, 0.2) is 48.7 Å². The van der Waals surface area contributed by atoms with Gasteiger partial charge >= 0.3 is 0 Å². The van der Waals surface area contributed by atoms with E-state index in [2.05, 4.69) is 47.3 Å². The third-order valence-electron chi connectivity index (χ3n) is 3.45. The summed E-state index contributed by atoms with van der Waals surface area (Å²) in [5.41, 5.74) is 9.56. The van der Waals surface area contributed by atoms with Crippen LogP contribution in [0, 0.1) is 0 Å². The molecule has 3 heteroatoms. The molecule has 0 atom stereocenters. The minimum Gasteiger partial charge on any atom is -0.330 e. The van der Waals surface area contributed by atoms with Crippen molar-refractivity contribution in [2.45, 2.75) is 19.4 Å². The van der Waals surface area contributed by atoms with Crippen molar-refractivity contribution in [3.63, 3.8) is 0 Å². The first-order valence-electron chi connectivity index (χ1n) is 7.15. The van der Waals surface area contributed by atoms with Gasteiger partial charge in [-0.1, -0.05) is 30.3 Å². The van der Waals surface area contributed by atoms with Crippen LogP contribution >= 0.6 is 0 Å². The molecule has 0 saturated heterocycles. The van der Waals surface area contributed by atoms with E-state index in [4.69, 9.17) is 5.73 Å². The van der Waals surface area contributed by atoms with Crippen LogP contribution in [0.4, 0.5) is 0 Å². The number of nitrogens with zero attached hydrogens (tertiary/aromatic N) is 2. The molecule has 0 aliphatic heterocycles. The molecule has 0 amide bonds. The number of benzene rings is 1. The maximum absolute atomic E-state index is 5.67. The van der Waals surface area contributed by atoms with Gasteiger partial charge in [0.1, 0.15) is 0 Å². The molecule has 20 heavy (non-hydrogen) atoms. The molecule has 0 fully saturated rings. The van der Waals surface area contributed by atoms with Crippen molar-refractivity contribution in [1.82, 2.24) is 9.88 Å². The molecular formula is C17H23N3. The van der Waals surface area contributed by atoms with E-state index in [-0.39, 0.29) is 0 Å². The summed E-state index contributed by atoms with van der Waals surface area (Å²) < 4.78 is 0. The van der Waals surface area contributed by atoms with Crippen LogP contribution in [0.5, 0.6) is 0 Å². The first-order chi connectivity index (χ1) is 9.79. The van der Waals surface area contributed by atoms with Gasteiger partial charge in [-0.15, -0.1) is 0 Å². The van der Waals surface area contributed by atoms with Crippen LogP contribution in [0.25, 0.3) is 0 Å². The largest absolute Gasteiger partial charge is 0.330 e. The van der Waals surface area contributed by atoms with E-state index < -0.39 is 0 Å². The van der Waals surface area contributed by atoms with E-state index in [0.717, 1.165) is 31.6 Å². The quantitative estimate of drug-likeness (QED) is 0.838. The van der Waals surface area contributed by atoms with Crippen molar-refractivity contribution in [2.24, 2.45) is 5.73 Å². The van der Waals surface area contributed by atoms with Gasteiger partial charge in [-0.05, 0) is 43.3 Å². The topological polar surface area (TPSA) is 42.2 Å².